The molecule has 0 aliphatic rings. The monoisotopic (exact) mass is 592 g/mol. The Bertz CT molecular complexity index is 394. The van der Waals surface area contributed by atoms with E-state index < -0.39 is 8.80 Å². The Morgan fingerprint density at radius 1 is 0.361 bits per heavy atom. The van der Waals surface area contributed by atoms with Crippen LogP contribution in [0.2, 0.25) is 6.04 Å². The van der Waals surface area contributed by atoms with Crippen molar-refractivity contribution in [2.75, 3.05) is 25.2 Å². The third-order valence-electron chi connectivity index (χ3n) is 7.21. The van der Waals surface area contributed by atoms with Crippen molar-refractivity contribution in [2.45, 2.75) is 174 Å². The molecule has 0 rings (SSSR count). The highest BCUT2D eigenvalue weighted by atomic mass is 79.9. The molecule has 0 radical (unpaired) electrons. The maximum Gasteiger partial charge on any atom is 0.500 e. The SMILES string of the molecule is CCO[Si](CCCCCCCCCCCCCCCCCCCCCCCCCBr)(OCC)OCC. The summed E-state index contributed by atoms with van der Waals surface area (Å²) in [6, 6.07) is 0.973. The average Bonchev–Trinajstić information content (AvgIpc) is 2.87. The van der Waals surface area contributed by atoms with Gasteiger partial charge >= 0.3 is 8.80 Å². The smallest absolute Gasteiger partial charge is 0.374 e. The molecule has 0 spiro atoms. The fourth-order valence-corrected chi connectivity index (χ4v) is 8.23. The molecule has 0 heterocycles. The minimum atomic E-state index is -2.41. The molecule has 0 aromatic heterocycles. The van der Waals surface area contributed by atoms with E-state index in [-0.39, 0.29) is 0 Å². The van der Waals surface area contributed by atoms with Crippen molar-refractivity contribution in [1.29, 1.82) is 0 Å². The minimum absolute atomic E-state index is 0.685. The summed E-state index contributed by atoms with van der Waals surface area (Å²) in [7, 11) is -2.41. The zero-order valence-corrected chi connectivity index (χ0v) is 27.5. The van der Waals surface area contributed by atoms with Crippen LogP contribution < -0.4 is 0 Å². The highest BCUT2D eigenvalue weighted by molar-refractivity contribution is 9.09. The Hall–Kier alpha value is 0.577. The van der Waals surface area contributed by atoms with Gasteiger partial charge in [0.05, 0.1) is 0 Å². The van der Waals surface area contributed by atoms with Gasteiger partial charge in [0, 0.05) is 31.2 Å². The van der Waals surface area contributed by atoms with E-state index in [9.17, 15) is 0 Å². The highest BCUT2D eigenvalue weighted by Crippen LogP contribution is 2.21. The zero-order chi connectivity index (χ0) is 26.4. The predicted molar refractivity (Wildman–Crippen MR) is 165 cm³/mol. The van der Waals surface area contributed by atoms with Gasteiger partial charge in [-0.1, -0.05) is 151 Å². The summed E-state index contributed by atoms with van der Waals surface area (Å²) >= 11 is 3.52. The molecule has 0 aromatic rings. The van der Waals surface area contributed by atoms with E-state index in [2.05, 4.69) is 15.9 Å². The molecule has 0 aromatic carbocycles. The Morgan fingerprint density at radius 3 is 0.806 bits per heavy atom. The number of alkyl halides is 1. The lowest BCUT2D eigenvalue weighted by Gasteiger charge is -2.28. The molecular weight excluding hydrogens is 528 g/mol. The lowest BCUT2D eigenvalue weighted by atomic mass is 10.0. The van der Waals surface area contributed by atoms with Gasteiger partial charge in [-0.2, -0.15) is 0 Å². The van der Waals surface area contributed by atoms with Crippen molar-refractivity contribution in [1.82, 2.24) is 0 Å². The highest BCUT2D eigenvalue weighted by Gasteiger charge is 2.39. The van der Waals surface area contributed by atoms with Gasteiger partial charge < -0.3 is 13.3 Å². The summed E-state index contributed by atoms with van der Waals surface area (Å²) in [6.07, 6.45) is 32.6. The van der Waals surface area contributed by atoms with Crippen LogP contribution in [0.3, 0.4) is 0 Å². The fourth-order valence-electron chi connectivity index (χ4n) is 5.15. The van der Waals surface area contributed by atoms with Gasteiger partial charge in [0.25, 0.3) is 0 Å². The zero-order valence-electron chi connectivity index (χ0n) is 24.9. The molecule has 3 nitrogen and oxygen atoms in total. The van der Waals surface area contributed by atoms with E-state index >= 15 is 0 Å². The number of rotatable bonds is 31. The van der Waals surface area contributed by atoms with Gasteiger partial charge in [0.15, 0.2) is 0 Å². The molecule has 0 saturated heterocycles. The summed E-state index contributed by atoms with van der Waals surface area (Å²) in [6.45, 7) is 8.18. The Labute approximate surface area is 237 Å². The van der Waals surface area contributed by atoms with Gasteiger partial charge in [0.2, 0.25) is 0 Å². The van der Waals surface area contributed by atoms with Crippen molar-refractivity contribution in [3.05, 3.63) is 0 Å². The topological polar surface area (TPSA) is 27.7 Å². The largest absolute Gasteiger partial charge is 0.500 e. The van der Waals surface area contributed by atoms with E-state index in [1.54, 1.807) is 0 Å². The van der Waals surface area contributed by atoms with Crippen LogP contribution >= 0.6 is 15.9 Å². The van der Waals surface area contributed by atoms with Gasteiger partial charge in [-0.25, -0.2) is 0 Å². The third-order valence-corrected chi connectivity index (χ3v) is 10.9. The quantitative estimate of drug-likeness (QED) is 0.0455. The normalized spacial score (nSPS) is 12.0. The summed E-state index contributed by atoms with van der Waals surface area (Å²) in [5.74, 6) is 0. The fraction of sp³-hybridized carbons (Fsp3) is 1.00. The van der Waals surface area contributed by atoms with Gasteiger partial charge in [-0.05, 0) is 33.6 Å². The molecule has 0 amide bonds. The molecular formula is C31H65BrO3Si. The van der Waals surface area contributed by atoms with E-state index in [0.717, 1.165) is 6.04 Å². The molecule has 0 fully saturated rings. The van der Waals surface area contributed by atoms with E-state index in [0.29, 0.717) is 19.8 Å². The first-order valence-electron chi connectivity index (χ1n) is 16.2. The van der Waals surface area contributed by atoms with Gasteiger partial charge in [-0.3, -0.25) is 0 Å². The van der Waals surface area contributed by atoms with Crippen LogP contribution in [-0.2, 0) is 13.3 Å². The number of unbranched alkanes of at least 4 members (excludes halogenated alkanes) is 22. The lowest BCUT2D eigenvalue weighted by Crippen LogP contribution is -2.45. The first-order chi connectivity index (χ1) is 17.7. The molecule has 5 heteroatoms. The standard InChI is InChI=1S/C31H65BrO3Si/c1-4-33-36(34-5-2,35-6-3)31-29-27-25-23-21-19-17-15-13-11-9-7-8-10-12-14-16-18-20-22-24-26-28-30-32/h4-31H2,1-3H3. The molecule has 0 saturated carbocycles. The lowest BCUT2D eigenvalue weighted by molar-refractivity contribution is 0.0706. The minimum Gasteiger partial charge on any atom is -0.374 e. The predicted octanol–water partition coefficient (Wildman–Crippen LogP) is 11.4. The Morgan fingerprint density at radius 2 is 0.583 bits per heavy atom. The van der Waals surface area contributed by atoms with Crippen LogP contribution in [0.25, 0.3) is 0 Å². The molecule has 0 bridgehead atoms. The first kappa shape index (κ1) is 36.6. The molecule has 218 valence electrons. The van der Waals surface area contributed by atoms with Crippen LogP contribution in [0.15, 0.2) is 0 Å². The van der Waals surface area contributed by atoms with Crippen molar-refractivity contribution in [3.63, 3.8) is 0 Å². The maximum atomic E-state index is 5.96. The van der Waals surface area contributed by atoms with Crippen molar-refractivity contribution in [3.8, 4) is 0 Å². The van der Waals surface area contributed by atoms with Crippen LogP contribution in [0.5, 0.6) is 0 Å². The second-order valence-electron chi connectivity index (χ2n) is 10.6. The van der Waals surface area contributed by atoms with Crippen LogP contribution in [0.4, 0.5) is 0 Å². The van der Waals surface area contributed by atoms with E-state index in [4.69, 9.17) is 13.3 Å². The molecule has 0 aliphatic heterocycles. The molecule has 0 N–H and O–H groups in total. The van der Waals surface area contributed by atoms with Crippen LogP contribution in [-0.4, -0.2) is 34.0 Å². The van der Waals surface area contributed by atoms with E-state index in [1.807, 2.05) is 20.8 Å². The average molecular weight is 594 g/mol. The van der Waals surface area contributed by atoms with Crippen molar-refractivity contribution < 1.29 is 13.3 Å². The van der Waals surface area contributed by atoms with Crippen molar-refractivity contribution >= 4 is 24.7 Å². The molecule has 0 aliphatic carbocycles. The Balaban J connectivity index is 3.30. The molecule has 36 heavy (non-hydrogen) atoms. The summed E-state index contributed by atoms with van der Waals surface area (Å²) in [4.78, 5) is 0. The van der Waals surface area contributed by atoms with Crippen LogP contribution in [0.1, 0.15) is 168 Å². The van der Waals surface area contributed by atoms with E-state index in [1.165, 1.54) is 153 Å². The van der Waals surface area contributed by atoms with Crippen LogP contribution in [0, 0.1) is 0 Å². The third kappa shape index (κ3) is 24.9. The summed E-state index contributed by atoms with van der Waals surface area (Å²) in [5.41, 5.74) is 0. The van der Waals surface area contributed by atoms with Crippen molar-refractivity contribution in [2.24, 2.45) is 0 Å². The molecule has 0 atom stereocenters. The van der Waals surface area contributed by atoms with Gasteiger partial charge in [-0.15, -0.1) is 0 Å². The van der Waals surface area contributed by atoms with Gasteiger partial charge in [0.1, 0.15) is 0 Å². The second-order valence-corrected chi connectivity index (χ2v) is 14.1. The Kier molecular flexibility index (Phi) is 30.6. The second kappa shape index (κ2) is 30.1. The molecule has 0 unspecified atom stereocenters. The first-order valence-corrected chi connectivity index (χ1v) is 19.3. The number of halogens is 1. The number of hydrogen-bond donors (Lipinski definition) is 0. The summed E-state index contributed by atoms with van der Waals surface area (Å²) in [5, 5.41) is 1.18. The maximum absolute atomic E-state index is 5.96. The number of hydrogen-bond acceptors (Lipinski definition) is 3. The summed E-state index contributed by atoms with van der Waals surface area (Å²) < 4.78 is 17.9.